The molecular weight excluding hydrogens is 292 g/mol. The van der Waals surface area contributed by atoms with Crippen molar-refractivity contribution < 1.29 is 14.3 Å². The number of carbonyl (C=O) groups excluding carboxylic acids is 2. The van der Waals surface area contributed by atoms with E-state index in [1.165, 1.54) is 6.42 Å². The van der Waals surface area contributed by atoms with Gasteiger partial charge < -0.3 is 15.4 Å². The van der Waals surface area contributed by atoms with Crippen molar-refractivity contribution in [2.24, 2.45) is 0 Å². The van der Waals surface area contributed by atoms with Gasteiger partial charge in [-0.2, -0.15) is 0 Å². The van der Waals surface area contributed by atoms with Gasteiger partial charge in [-0.05, 0) is 43.9 Å². The Bertz CT molecular complexity index is 551. The zero-order valence-electron chi connectivity index (χ0n) is 13.8. The van der Waals surface area contributed by atoms with E-state index in [0.717, 1.165) is 32.4 Å². The predicted molar refractivity (Wildman–Crippen MR) is 90.6 cm³/mol. The van der Waals surface area contributed by atoms with E-state index >= 15 is 0 Å². The highest BCUT2D eigenvalue weighted by molar-refractivity contribution is 5.97. The third-order valence-corrected chi connectivity index (χ3v) is 4.09. The van der Waals surface area contributed by atoms with E-state index < -0.39 is 0 Å². The molecule has 23 heavy (non-hydrogen) atoms. The van der Waals surface area contributed by atoms with Crippen LogP contribution in [0, 0.1) is 0 Å². The number of Topliss-reactive ketones (excluding diaryl/α,β-unsaturated/α-hetero) is 1. The molecule has 1 aliphatic rings. The van der Waals surface area contributed by atoms with Crippen molar-refractivity contribution in [1.82, 2.24) is 4.90 Å². The average Bonchev–Trinajstić information content (AvgIpc) is 2.57. The molecule has 0 unspecified atom stereocenters. The molecule has 0 aromatic heterocycles. The van der Waals surface area contributed by atoms with Gasteiger partial charge in [-0.3, -0.25) is 9.59 Å². The van der Waals surface area contributed by atoms with Gasteiger partial charge in [0.1, 0.15) is 5.75 Å². The standard InChI is InChI=1S/C18H26N2O3/c1-2-6-16(21)14-7-8-17(15(19)13-14)23-12-9-18(22)20-10-4-3-5-11-20/h7-8,13H,2-6,9-12,19H2,1H3. The normalized spacial score (nSPS) is 14.6. The van der Waals surface area contributed by atoms with Crippen molar-refractivity contribution in [1.29, 1.82) is 0 Å². The molecule has 1 aliphatic heterocycles. The number of likely N-dealkylation sites (tertiary alicyclic amines) is 1. The Kier molecular flexibility index (Phi) is 6.44. The number of rotatable bonds is 7. The molecule has 1 amide bonds. The molecule has 0 saturated carbocycles. The van der Waals surface area contributed by atoms with E-state index in [-0.39, 0.29) is 11.7 Å². The molecule has 2 N–H and O–H groups in total. The van der Waals surface area contributed by atoms with Crippen LogP contribution in [0.15, 0.2) is 18.2 Å². The van der Waals surface area contributed by atoms with Crippen LogP contribution >= 0.6 is 0 Å². The number of nitrogens with zero attached hydrogens (tertiary/aromatic N) is 1. The highest BCUT2D eigenvalue weighted by Crippen LogP contribution is 2.23. The number of carbonyl (C=O) groups is 2. The molecule has 1 heterocycles. The number of piperidine rings is 1. The quantitative estimate of drug-likeness (QED) is 0.619. The molecule has 2 rings (SSSR count). The van der Waals surface area contributed by atoms with Gasteiger partial charge in [-0.25, -0.2) is 0 Å². The number of hydrogen-bond acceptors (Lipinski definition) is 4. The third-order valence-electron chi connectivity index (χ3n) is 4.09. The predicted octanol–water partition coefficient (Wildman–Crippen LogP) is 3.03. The van der Waals surface area contributed by atoms with E-state index in [1.807, 2.05) is 11.8 Å². The average molecular weight is 318 g/mol. The molecule has 1 fully saturated rings. The molecule has 0 bridgehead atoms. The molecule has 5 nitrogen and oxygen atoms in total. The summed E-state index contributed by atoms with van der Waals surface area (Å²) in [7, 11) is 0. The van der Waals surface area contributed by atoms with Gasteiger partial charge in [0.15, 0.2) is 5.78 Å². The zero-order valence-corrected chi connectivity index (χ0v) is 13.8. The van der Waals surface area contributed by atoms with Crippen molar-refractivity contribution in [2.75, 3.05) is 25.4 Å². The first kappa shape index (κ1) is 17.3. The number of ketones is 1. The maximum atomic E-state index is 12.1. The van der Waals surface area contributed by atoms with Gasteiger partial charge in [0.25, 0.3) is 0 Å². The second kappa shape index (κ2) is 8.56. The largest absolute Gasteiger partial charge is 0.491 e. The number of hydrogen-bond donors (Lipinski definition) is 1. The molecule has 1 aromatic carbocycles. The molecule has 0 spiro atoms. The first-order chi connectivity index (χ1) is 11.1. The molecule has 1 saturated heterocycles. The number of nitrogens with two attached hydrogens (primary N) is 1. The fraction of sp³-hybridized carbons (Fsp3) is 0.556. The first-order valence-corrected chi connectivity index (χ1v) is 8.45. The second-order valence-electron chi connectivity index (χ2n) is 5.97. The summed E-state index contributed by atoms with van der Waals surface area (Å²) in [6.07, 6.45) is 5.08. The molecule has 126 valence electrons. The Labute approximate surface area is 137 Å². The van der Waals surface area contributed by atoms with Crippen LogP contribution in [-0.4, -0.2) is 36.3 Å². The highest BCUT2D eigenvalue weighted by Gasteiger charge is 2.16. The minimum atomic E-state index is 0.0889. The van der Waals surface area contributed by atoms with Crippen LogP contribution in [0.1, 0.15) is 55.8 Å². The van der Waals surface area contributed by atoms with E-state index in [0.29, 0.717) is 36.4 Å². The monoisotopic (exact) mass is 318 g/mol. The van der Waals surface area contributed by atoms with Crippen LogP contribution in [0.2, 0.25) is 0 Å². The maximum absolute atomic E-state index is 12.1. The van der Waals surface area contributed by atoms with E-state index in [4.69, 9.17) is 10.5 Å². The van der Waals surface area contributed by atoms with Crippen molar-refractivity contribution in [3.8, 4) is 5.75 Å². The van der Waals surface area contributed by atoms with Crippen molar-refractivity contribution in [3.63, 3.8) is 0 Å². The van der Waals surface area contributed by atoms with Crippen LogP contribution in [0.5, 0.6) is 5.75 Å². The van der Waals surface area contributed by atoms with E-state index in [2.05, 4.69) is 0 Å². The lowest BCUT2D eigenvalue weighted by Crippen LogP contribution is -2.36. The molecule has 0 atom stereocenters. The fourth-order valence-corrected chi connectivity index (χ4v) is 2.77. The van der Waals surface area contributed by atoms with Gasteiger partial charge in [0.05, 0.1) is 18.7 Å². The number of nitrogen functional groups attached to an aromatic ring is 1. The Morgan fingerprint density at radius 3 is 2.57 bits per heavy atom. The SMILES string of the molecule is CCCC(=O)c1ccc(OCCC(=O)N2CCCCC2)c(N)c1. The summed E-state index contributed by atoms with van der Waals surface area (Å²) in [5.41, 5.74) is 7.00. The second-order valence-corrected chi connectivity index (χ2v) is 5.97. The molecule has 1 aromatic rings. The Morgan fingerprint density at radius 1 is 1.17 bits per heavy atom. The first-order valence-electron chi connectivity index (χ1n) is 8.45. The van der Waals surface area contributed by atoms with Crippen LogP contribution in [-0.2, 0) is 4.79 Å². The summed E-state index contributed by atoms with van der Waals surface area (Å²) in [5.74, 6) is 0.758. The molecule has 0 radical (unpaired) electrons. The lowest BCUT2D eigenvalue weighted by atomic mass is 10.1. The summed E-state index contributed by atoms with van der Waals surface area (Å²) in [5, 5.41) is 0. The number of ether oxygens (including phenoxy) is 1. The van der Waals surface area contributed by atoms with Gasteiger partial charge in [-0.1, -0.05) is 6.92 Å². The van der Waals surface area contributed by atoms with Gasteiger partial charge >= 0.3 is 0 Å². The summed E-state index contributed by atoms with van der Waals surface area (Å²) >= 11 is 0. The molecule has 5 heteroatoms. The smallest absolute Gasteiger partial charge is 0.225 e. The minimum Gasteiger partial charge on any atom is -0.491 e. The summed E-state index contributed by atoms with van der Waals surface area (Å²) in [6, 6.07) is 5.10. The lowest BCUT2D eigenvalue weighted by molar-refractivity contribution is -0.132. The fourth-order valence-electron chi connectivity index (χ4n) is 2.77. The zero-order chi connectivity index (χ0) is 16.7. The van der Waals surface area contributed by atoms with Crippen LogP contribution in [0.3, 0.4) is 0 Å². The van der Waals surface area contributed by atoms with Crippen LogP contribution in [0.4, 0.5) is 5.69 Å². The number of benzene rings is 1. The number of amides is 1. The molecule has 0 aliphatic carbocycles. The van der Waals surface area contributed by atoms with Crippen molar-refractivity contribution in [3.05, 3.63) is 23.8 Å². The van der Waals surface area contributed by atoms with Gasteiger partial charge in [0.2, 0.25) is 5.91 Å². The lowest BCUT2D eigenvalue weighted by Gasteiger charge is -2.26. The van der Waals surface area contributed by atoms with Gasteiger partial charge in [-0.15, -0.1) is 0 Å². The summed E-state index contributed by atoms with van der Waals surface area (Å²) < 4.78 is 5.61. The minimum absolute atomic E-state index is 0.0889. The Morgan fingerprint density at radius 2 is 1.91 bits per heavy atom. The Hall–Kier alpha value is -2.04. The van der Waals surface area contributed by atoms with E-state index in [9.17, 15) is 9.59 Å². The van der Waals surface area contributed by atoms with E-state index in [1.54, 1.807) is 18.2 Å². The summed E-state index contributed by atoms with van der Waals surface area (Å²) in [6.45, 7) is 3.99. The van der Waals surface area contributed by atoms with Crippen molar-refractivity contribution >= 4 is 17.4 Å². The highest BCUT2D eigenvalue weighted by atomic mass is 16.5. The third kappa shape index (κ3) is 4.98. The van der Waals surface area contributed by atoms with Crippen LogP contribution in [0.25, 0.3) is 0 Å². The van der Waals surface area contributed by atoms with Gasteiger partial charge in [0, 0.05) is 25.1 Å². The maximum Gasteiger partial charge on any atom is 0.225 e. The number of anilines is 1. The molecular formula is C18H26N2O3. The Balaban J connectivity index is 1.83. The summed E-state index contributed by atoms with van der Waals surface area (Å²) in [4.78, 5) is 25.8. The van der Waals surface area contributed by atoms with Crippen molar-refractivity contribution in [2.45, 2.75) is 45.4 Å². The topological polar surface area (TPSA) is 72.6 Å². The van der Waals surface area contributed by atoms with Crippen LogP contribution < -0.4 is 10.5 Å².